The van der Waals surface area contributed by atoms with Crippen molar-refractivity contribution in [3.05, 3.63) is 0 Å². The lowest BCUT2D eigenvalue weighted by Gasteiger charge is -2.26. The summed E-state index contributed by atoms with van der Waals surface area (Å²) in [6.07, 6.45) is 0.562. The zero-order valence-electron chi connectivity index (χ0n) is 9.99. The Labute approximate surface area is 96.1 Å². The number of nitrogens with zero attached hydrogens (tertiary/aromatic N) is 1. The third-order valence-electron chi connectivity index (χ3n) is 2.38. The predicted molar refractivity (Wildman–Crippen MR) is 59.9 cm³/mol. The first-order valence-electron chi connectivity index (χ1n) is 5.74. The largest absolute Gasteiger partial charge is 0.378 e. The zero-order chi connectivity index (χ0) is 12.0. The molecule has 1 rings (SSSR count). The van der Waals surface area contributed by atoms with Crippen LogP contribution in [0.5, 0.6) is 0 Å². The second kappa shape index (κ2) is 6.48. The van der Waals surface area contributed by atoms with Crippen LogP contribution in [-0.2, 0) is 14.3 Å². The Hall–Kier alpha value is -1.10. The highest BCUT2D eigenvalue weighted by molar-refractivity contribution is 5.83. The number of ether oxygens (including phenoxy) is 1. The van der Waals surface area contributed by atoms with Gasteiger partial charge in [0, 0.05) is 32.0 Å². The van der Waals surface area contributed by atoms with Crippen molar-refractivity contribution >= 4 is 11.8 Å². The van der Waals surface area contributed by atoms with Crippen LogP contribution in [-0.4, -0.2) is 49.1 Å². The molecule has 1 saturated heterocycles. The molecule has 16 heavy (non-hydrogen) atoms. The van der Waals surface area contributed by atoms with Crippen LogP contribution < -0.4 is 5.32 Å². The van der Waals surface area contributed by atoms with Gasteiger partial charge < -0.3 is 15.0 Å². The van der Waals surface area contributed by atoms with Crippen molar-refractivity contribution in [2.75, 3.05) is 26.3 Å². The van der Waals surface area contributed by atoms with Crippen LogP contribution in [0.4, 0.5) is 0 Å². The van der Waals surface area contributed by atoms with E-state index in [1.807, 2.05) is 13.8 Å². The first kappa shape index (κ1) is 13.0. The number of morpholine rings is 1. The minimum atomic E-state index is -0.0587. The maximum atomic E-state index is 11.7. The fourth-order valence-corrected chi connectivity index (χ4v) is 1.59. The van der Waals surface area contributed by atoms with Gasteiger partial charge in [-0.2, -0.15) is 0 Å². The van der Waals surface area contributed by atoms with Crippen LogP contribution >= 0.6 is 0 Å². The van der Waals surface area contributed by atoms with Crippen molar-refractivity contribution in [2.45, 2.75) is 32.7 Å². The maximum absolute atomic E-state index is 11.7. The number of nitrogens with one attached hydrogen (secondary N) is 1. The number of hydrogen-bond donors (Lipinski definition) is 1. The molecule has 0 unspecified atom stereocenters. The van der Waals surface area contributed by atoms with Crippen LogP contribution in [0.2, 0.25) is 0 Å². The number of rotatable bonds is 4. The topological polar surface area (TPSA) is 58.6 Å². The van der Waals surface area contributed by atoms with Crippen LogP contribution in [0.25, 0.3) is 0 Å². The van der Waals surface area contributed by atoms with E-state index >= 15 is 0 Å². The van der Waals surface area contributed by atoms with Gasteiger partial charge in [0.15, 0.2) is 0 Å². The Morgan fingerprint density at radius 1 is 1.25 bits per heavy atom. The van der Waals surface area contributed by atoms with E-state index in [0.29, 0.717) is 32.7 Å². The molecule has 1 heterocycles. The minimum absolute atomic E-state index is 0.0437. The summed E-state index contributed by atoms with van der Waals surface area (Å²) in [7, 11) is 0. The molecule has 0 aromatic heterocycles. The first-order chi connectivity index (χ1) is 7.59. The lowest BCUT2D eigenvalue weighted by atomic mass is 10.2. The van der Waals surface area contributed by atoms with E-state index in [0.717, 1.165) is 0 Å². The molecule has 1 aliphatic heterocycles. The van der Waals surface area contributed by atoms with E-state index in [2.05, 4.69) is 5.32 Å². The molecule has 5 heteroatoms. The van der Waals surface area contributed by atoms with Gasteiger partial charge in [-0.1, -0.05) is 0 Å². The number of carbonyl (C=O) groups excluding carboxylic acids is 2. The van der Waals surface area contributed by atoms with Gasteiger partial charge in [-0.05, 0) is 13.8 Å². The van der Waals surface area contributed by atoms with E-state index in [1.165, 1.54) is 0 Å². The minimum Gasteiger partial charge on any atom is -0.378 e. The van der Waals surface area contributed by atoms with Gasteiger partial charge in [-0.3, -0.25) is 9.59 Å². The maximum Gasteiger partial charge on any atom is 0.223 e. The first-order valence-corrected chi connectivity index (χ1v) is 5.74. The van der Waals surface area contributed by atoms with E-state index in [4.69, 9.17) is 4.74 Å². The lowest BCUT2D eigenvalue weighted by Crippen LogP contribution is -2.41. The van der Waals surface area contributed by atoms with Gasteiger partial charge in [0.1, 0.15) is 0 Å². The average Bonchev–Trinajstić information content (AvgIpc) is 2.26. The molecule has 0 atom stereocenters. The third-order valence-corrected chi connectivity index (χ3v) is 2.38. The van der Waals surface area contributed by atoms with Crippen molar-refractivity contribution in [1.82, 2.24) is 10.2 Å². The Kier molecular flexibility index (Phi) is 5.25. The molecule has 0 aromatic rings. The SMILES string of the molecule is CC(C)NC(=O)CCC(=O)N1CCOCC1. The molecule has 1 aliphatic rings. The Morgan fingerprint density at radius 3 is 2.44 bits per heavy atom. The fourth-order valence-electron chi connectivity index (χ4n) is 1.59. The molecule has 5 nitrogen and oxygen atoms in total. The molecule has 2 amide bonds. The molecule has 0 aliphatic carbocycles. The summed E-state index contributed by atoms with van der Waals surface area (Å²) in [6, 6.07) is 0.131. The molecular formula is C11H20N2O3. The molecule has 1 N–H and O–H groups in total. The van der Waals surface area contributed by atoms with E-state index in [-0.39, 0.29) is 24.3 Å². The van der Waals surface area contributed by atoms with Crippen molar-refractivity contribution in [2.24, 2.45) is 0 Å². The van der Waals surface area contributed by atoms with Crippen molar-refractivity contribution in [3.63, 3.8) is 0 Å². The second-order valence-corrected chi connectivity index (χ2v) is 4.22. The smallest absolute Gasteiger partial charge is 0.223 e. The molecule has 0 aromatic carbocycles. The summed E-state index contributed by atoms with van der Waals surface area (Å²) in [5.74, 6) is -0.0150. The number of carbonyl (C=O) groups is 2. The van der Waals surface area contributed by atoms with Crippen molar-refractivity contribution < 1.29 is 14.3 Å². The van der Waals surface area contributed by atoms with Gasteiger partial charge in [0.2, 0.25) is 11.8 Å². The Bertz CT molecular complexity index is 248. The molecule has 0 saturated carbocycles. The average molecular weight is 228 g/mol. The Balaban J connectivity index is 2.21. The van der Waals surface area contributed by atoms with Crippen LogP contribution in [0.15, 0.2) is 0 Å². The van der Waals surface area contributed by atoms with Gasteiger partial charge >= 0.3 is 0 Å². The van der Waals surface area contributed by atoms with E-state index < -0.39 is 0 Å². The van der Waals surface area contributed by atoms with Crippen molar-refractivity contribution in [3.8, 4) is 0 Å². The summed E-state index contributed by atoms with van der Waals surface area (Å²) in [6.45, 7) is 6.30. The van der Waals surface area contributed by atoms with Crippen LogP contribution in [0.1, 0.15) is 26.7 Å². The van der Waals surface area contributed by atoms with E-state index in [1.54, 1.807) is 4.90 Å². The quantitative estimate of drug-likeness (QED) is 0.745. The van der Waals surface area contributed by atoms with Crippen molar-refractivity contribution in [1.29, 1.82) is 0 Å². The summed E-state index contributed by atoms with van der Waals surface area (Å²) in [5.41, 5.74) is 0. The molecular weight excluding hydrogens is 208 g/mol. The summed E-state index contributed by atoms with van der Waals surface area (Å²) in [4.78, 5) is 24.8. The lowest BCUT2D eigenvalue weighted by molar-refractivity contribution is -0.137. The number of amides is 2. The summed E-state index contributed by atoms with van der Waals surface area (Å²) in [5, 5.41) is 2.77. The van der Waals surface area contributed by atoms with Gasteiger partial charge in [-0.15, -0.1) is 0 Å². The highest BCUT2D eigenvalue weighted by atomic mass is 16.5. The third kappa shape index (κ3) is 4.61. The Morgan fingerprint density at radius 2 is 1.88 bits per heavy atom. The van der Waals surface area contributed by atoms with Gasteiger partial charge in [0.25, 0.3) is 0 Å². The molecule has 92 valence electrons. The second-order valence-electron chi connectivity index (χ2n) is 4.22. The predicted octanol–water partition coefficient (Wildman–Crippen LogP) is 0.150. The standard InChI is InChI=1S/C11H20N2O3/c1-9(2)12-10(14)3-4-11(15)13-5-7-16-8-6-13/h9H,3-8H2,1-2H3,(H,12,14). The highest BCUT2D eigenvalue weighted by Crippen LogP contribution is 2.02. The van der Waals surface area contributed by atoms with Crippen LogP contribution in [0, 0.1) is 0 Å². The van der Waals surface area contributed by atoms with E-state index in [9.17, 15) is 9.59 Å². The summed E-state index contributed by atoms with van der Waals surface area (Å²) >= 11 is 0. The normalized spacial score (nSPS) is 16.3. The fraction of sp³-hybridized carbons (Fsp3) is 0.818. The summed E-state index contributed by atoms with van der Waals surface area (Å²) < 4.78 is 5.15. The highest BCUT2D eigenvalue weighted by Gasteiger charge is 2.17. The van der Waals surface area contributed by atoms with Crippen LogP contribution in [0.3, 0.4) is 0 Å². The molecule has 0 bridgehead atoms. The van der Waals surface area contributed by atoms with Gasteiger partial charge in [0.05, 0.1) is 13.2 Å². The molecule has 1 fully saturated rings. The molecule has 0 radical (unpaired) electrons. The monoisotopic (exact) mass is 228 g/mol. The van der Waals surface area contributed by atoms with Gasteiger partial charge in [-0.25, -0.2) is 0 Å². The number of hydrogen-bond acceptors (Lipinski definition) is 3. The zero-order valence-corrected chi connectivity index (χ0v) is 9.99. The molecule has 0 spiro atoms.